The molecule has 0 spiro atoms. The number of nitrogens with one attached hydrogen (secondary N) is 3. The van der Waals surface area contributed by atoms with Crippen molar-refractivity contribution >= 4 is 27.3 Å². The van der Waals surface area contributed by atoms with Crippen LogP contribution in [0.3, 0.4) is 0 Å². The van der Waals surface area contributed by atoms with Gasteiger partial charge in [0.25, 0.3) is 0 Å². The predicted molar refractivity (Wildman–Crippen MR) is 101 cm³/mol. The quantitative estimate of drug-likeness (QED) is 0.690. The van der Waals surface area contributed by atoms with Crippen LogP contribution in [0.5, 0.6) is 0 Å². The average Bonchev–Trinajstić information content (AvgIpc) is 2.55. The van der Waals surface area contributed by atoms with Crippen molar-refractivity contribution in [3.63, 3.8) is 0 Å². The van der Waals surface area contributed by atoms with Crippen molar-refractivity contribution in [1.82, 2.24) is 5.32 Å². The van der Waals surface area contributed by atoms with Crippen LogP contribution in [0.4, 0.5) is 15.8 Å². The van der Waals surface area contributed by atoms with Gasteiger partial charge >= 0.3 is 0 Å². The van der Waals surface area contributed by atoms with Crippen molar-refractivity contribution < 1.29 is 17.6 Å². The number of halogens is 1. The normalized spacial score (nSPS) is 13.5. The zero-order valence-corrected chi connectivity index (χ0v) is 15.6. The van der Waals surface area contributed by atoms with Crippen LogP contribution < -0.4 is 15.4 Å². The van der Waals surface area contributed by atoms with Crippen LogP contribution >= 0.6 is 0 Å². The third-order valence-electron chi connectivity index (χ3n) is 3.69. The number of rotatable bonds is 7. The number of carbonyl (C=O) groups excluding carboxylic acids is 1. The summed E-state index contributed by atoms with van der Waals surface area (Å²) in [6, 6.07) is 11.8. The molecule has 0 heterocycles. The van der Waals surface area contributed by atoms with Gasteiger partial charge in [-0.2, -0.15) is 0 Å². The van der Waals surface area contributed by atoms with Crippen LogP contribution in [0, 0.1) is 5.82 Å². The van der Waals surface area contributed by atoms with Crippen molar-refractivity contribution in [1.29, 1.82) is 0 Å². The van der Waals surface area contributed by atoms with Gasteiger partial charge < -0.3 is 10.6 Å². The molecule has 0 unspecified atom stereocenters. The average molecular weight is 379 g/mol. The second-order valence-corrected chi connectivity index (χ2v) is 7.85. The Hall–Kier alpha value is -2.61. The molecule has 0 saturated carbocycles. The molecule has 140 valence electrons. The van der Waals surface area contributed by atoms with Crippen LogP contribution in [0.2, 0.25) is 0 Å². The molecule has 1 amide bonds. The Morgan fingerprint density at radius 1 is 0.962 bits per heavy atom. The maximum atomic E-state index is 13.0. The lowest BCUT2D eigenvalue weighted by Crippen LogP contribution is -2.38. The van der Waals surface area contributed by atoms with E-state index in [4.69, 9.17) is 0 Å². The monoisotopic (exact) mass is 379 g/mol. The molecule has 0 aliphatic heterocycles. The smallest absolute Gasteiger partial charge is 0.242 e. The summed E-state index contributed by atoms with van der Waals surface area (Å²) in [6.07, 6.45) is 1.08. The summed E-state index contributed by atoms with van der Waals surface area (Å²) >= 11 is 0. The van der Waals surface area contributed by atoms with E-state index < -0.39 is 16.1 Å². The molecule has 0 aliphatic rings. The Bertz CT molecular complexity index is 852. The maximum Gasteiger partial charge on any atom is 0.242 e. The molecular weight excluding hydrogens is 357 g/mol. The highest BCUT2D eigenvalue weighted by atomic mass is 32.2. The van der Waals surface area contributed by atoms with Crippen LogP contribution in [-0.4, -0.2) is 26.6 Å². The standard InChI is InChI=1S/C18H22FN3O3S/c1-12(14-4-6-15(19)7-5-14)21-18(23)13(2)20-16-8-10-17(11-9-16)22-26(3,24)25/h4-13,20,22H,1-3H3,(H,21,23)/t12-,13+/m1/s1. The van der Waals surface area contributed by atoms with E-state index in [1.54, 1.807) is 43.3 Å². The summed E-state index contributed by atoms with van der Waals surface area (Å²) in [5, 5.41) is 5.91. The molecule has 0 aliphatic carbocycles. The van der Waals surface area contributed by atoms with Gasteiger partial charge in [0.05, 0.1) is 12.3 Å². The SMILES string of the molecule is C[C@H](Nc1ccc(NS(C)(=O)=O)cc1)C(=O)N[C@H](C)c1ccc(F)cc1. The first-order valence-corrected chi connectivity index (χ1v) is 9.93. The highest BCUT2D eigenvalue weighted by molar-refractivity contribution is 7.92. The fraction of sp³-hybridized carbons (Fsp3) is 0.278. The lowest BCUT2D eigenvalue weighted by molar-refractivity contribution is -0.122. The molecule has 26 heavy (non-hydrogen) atoms. The summed E-state index contributed by atoms with van der Waals surface area (Å²) < 4.78 is 37.7. The second-order valence-electron chi connectivity index (χ2n) is 6.10. The zero-order valence-electron chi connectivity index (χ0n) is 14.8. The molecule has 0 aromatic heterocycles. The number of amides is 1. The Labute approximate surface area is 152 Å². The third kappa shape index (κ3) is 6.03. The number of benzene rings is 2. The fourth-order valence-corrected chi connectivity index (χ4v) is 2.90. The highest BCUT2D eigenvalue weighted by Crippen LogP contribution is 2.16. The lowest BCUT2D eigenvalue weighted by Gasteiger charge is -2.19. The van der Waals surface area contributed by atoms with Crippen molar-refractivity contribution in [3.8, 4) is 0 Å². The molecule has 0 saturated heterocycles. The van der Waals surface area contributed by atoms with Gasteiger partial charge in [-0.1, -0.05) is 12.1 Å². The van der Waals surface area contributed by atoms with Gasteiger partial charge in [0, 0.05) is 11.4 Å². The van der Waals surface area contributed by atoms with E-state index >= 15 is 0 Å². The minimum absolute atomic E-state index is 0.208. The number of hydrogen-bond acceptors (Lipinski definition) is 4. The second kappa shape index (κ2) is 8.18. The van der Waals surface area contributed by atoms with Crippen LogP contribution in [0.15, 0.2) is 48.5 Å². The Morgan fingerprint density at radius 3 is 2.04 bits per heavy atom. The number of sulfonamides is 1. The van der Waals surface area contributed by atoms with Gasteiger partial charge in [0.15, 0.2) is 0 Å². The van der Waals surface area contributed by atoms with Crippen molar-refractivity contribution in [2.75, 3.05) is 16.3 Å². The van der Waals surface area contributed by atoms with E-state index in [1.165, 1.54) is 12.1 Å². The molecule has 3 N–H and O–H groups in total. The van der Waals surface area contributed by atoms with Gasteiger partial charge in [-0.05, 0) is 55.8 Å². The number of anilines is 2. The third-order valence-corrected chi connectivity index (χ3v) is 4.30. The first kappa shape index (κ1) is 19.7. The van der Waals surface area contributed by atoms with Crippen LogP contribution in [0.25, 0.3) is 0 Å². The highest BCUT2D eigenvalue weighted by Gasteiger charge is 2.16. The molecule has 8 heteroatoms. The molecule has 0 fully saturated rings. The lowest BCUT2D eigenvalue weighted by atomic mass is 10.1. The van der Waals surface area contributed by atoms with Gasteiger partial charge in [0.1, 0.15) is 11.9 Å². The fourth-order valence-electron chi connectivity index (χ4n) is 2.34. The molecule has 6 nitrogen and oxygen atoms in total. The molecule has 2 atom stereocenters. The van der Waals surface area contributed by atoms with E-state index in [0.717, 1.165) is 11.8 Å². The summed E-state index contributed by atoms with van der Waals surface area (Å²) in [4.78, 5) is 12.3. The van der Waals surface area contributed by atoms with E-state index in [0.29, 0.717) is 11.4 Å². The van der Waals surface area contributed by atoms with Gasteiger partial charge in [-0.15, -0.1) is 0 Å². The summed E-state index contributed by atoms with van der Waals surface area (Å²) in [5.74, 6) is -0.531. The zero-order chi connectivity index (χ0) is 19.3. The van der Waals surface area contributed by atoms with Gasteiger partial charge in [-0.3, -0.25) is 9.52 Å². The van der Waals surface area contributed by atoms with Crippen molar-refractivity contribution in [2.24, 2.45) is 0 Å². The summed E-state index contributed by atoms with van der Waals surface area (Å²) in [5.41, 5.74) is 1.93. The number of carbonyl (C=O) groups is 1. The maximum absolute atomic E-state index is 13.0. The largest absolute Gasteiger partial charge is 0.374 e. The van der Waals surface area contributed by atoms with Crippen molar-refractivity contribution in [3.05, 3.63) is 59.9 Å². The van der Waals surface area contributed by atoms with Gasteiger partial charge in [0.2, 0.25) is 15.9 Å². The molecular formula is C18H22FN3O3S. The van der Waals surface area contributed by atoms with E-state index in [1.807, 2.05) is 6.92 Å². The van der Waals surface area contributed by atoms with E-state index in [2.05, 4.69) is 15.4 Å². The minimum atomic E-state index is -3.33. The van der Waals surface area contributed by atoms with E-state index in [9.17, 15) is 17.6 Å². The molecule has 2 rings (SSSR count). The van der Waals surface area contributed by atoms with Crippen molar-refractivity contribution in [2.45, 2.75) is 25.9 Å². The summed E-state index contributed by atoms with van der Waals surface area (Å²) in [6.45, 7) is 3.54. The van der Waals surface area contributed by atoms with Crippen LogP contribution in [-0.2, 0) is 14.8 Å². The Balaban J connectivity index is 1.93. The topological polar surface area (TPSA) is 87.3 Å². The molecule has 0 radical (unpaired) electrons. The minimum Gasteiger partial charge on any atom is -0.374 e. The summed E-state index contributed by atoms with van der Waals surface area (Å²) in [7, 11) is -3.33. The Kier molecular flexibility index (Phi) is 6.20. The predicted octanol–water partition coefficient (Wildman–Crippen LogP) is 2.88. The first-order chi connectivity index (χ1) is 12.1. The molecule has 0 bridgehead atoms. The van der Waals surface area contributed by atoms with E-state index in [-0.39, 0.29) is 17.8 Å². The molecule has 2 aromatic carbocycles. The Morgan fingerprint density at radius 2 is 1.50 bits per heavy atom. The van der Waals surface area contributed by atoms with Gasteiger partial charge in [-0.25, -0.2) is 12.8 Å². The number of hydrogen-bond donors (Lipinski definition) is 3. The first-order valence-electron chi connectivity index (χ1n) is 8.04. The molecule has 2 aromatic rings. The van der Waals surface area contributed by atoms with Crippen LogP contribution in [0.1, 0.15) is 25.5 Å².